The van der Waals surface area contributed by atoms with Gasteiger partial charge >= 0.3 is 0 Å². The molecule has 0 spiro atoms. The molecule has 0 amide bonds. The Labute approximate surface area is 214 Å². The predicted molar refractivity (Wildman–Crippen MR) is 141 cm³/mol. The summed E-state index contributed by atoms with van der Waals surface area (Å²) in [6, 6.07) is 18.2. The molecule has 6 nitrogen and oxygen atoms in total. The Morgan fingerprint density at radius 1 is 1.11 bits per heavy atom. The highest BCUT2D eigenvalue weighted by Gasteiger charge is 2.25. The van der Waals surface area contributed by atoms with Crippen LogP contribution in [0.1, 0.15) is 17.5 Å². The van der Waals surface area contributed by atoms with Gasteiger partial charge in [0.15, 0.2) is 11.5 Å². The van der Waals surface area contributed by atoms with E-state index in [1.165, 1.54) is 15.6 Å². The summed E-state index contributed by atoms with van der Waals surface area (Å²) in [5, 5.41) is 13.9. The Kier molecular flexibility index (Phi) is 6.44. The summed E-state index contributed by atoms with van der Waals surface area (Å²) in [7, 11) is 1.64. The smallest absolute Gasteiger partial charge is 0.165 e. The Morgan fingerprint density at radius 2 is 2.03 bits per heavy atom. The zero-order chi connectivity index (χ0) is 24.5. The number of thiophene rings is 1. The Balaban J connectivity index is 1.38. The van der Waals surface area contributed by atoms with Gasteiger partial charge in [0, 0.05) is 52.8 Å². The van der Waals surface area contributed by atoms with Crippen molar-refractivity contribution in [1.82, 2.24) is 4.90 Å². The molecule has 36 heavy (non-hydrogen) atoms. The molecule has 0 bridgehead atoms. The molecule has 186 valence electrons. The number of methoxy groups -OCH3 is 1. The van der Waals surface area contributed by atoms with Crippen LogP contribution in [0, 0.1) is 0 Å². The predicted octanol–water partition coefficient (Wildman–Crippen LogP) is 5.84. The number of ether oxygens (including phenoxy) is 4. The van der Waals surface area contributed by atoms with Gasteiger partial charge < -0.3 is 24.1 Å². The van der Waals surface area contributed by atoms with Gasteiger partial charge in [-0.2, -0.15) is 0 Å². The Morgan fingerprint density at radius 3 is 2.89 bits per heavy atom. The summed E-state index contributed by atoms with van der Waals surface area (Å²) in [6.07, 6.45) is 0.905. The van der Waals surface area contributed by atoms with E-state index in [2.05, 4.69) is 46.7 Å². The van der Waals surface area contributed by atoms with Gasteiger partial charge in [0.25, 0.3) is 0 Å². The SMILES string of the molecule is COc1ccc(O)c(CN2CCOc3c(cc(-c4csc5ccccc45)cc3OC3CCOC3)C2)c1. The highest BCUT2D eigenvalue weighted by molar-refractivity contribution is 7.17. The molecule has 1 atom stereocenters. The molecular formula is C29H29NO5S. The van der Waals surface area contributed by atoms with Crippen LogP contribution >= 0.6 is 11.3 Å². The Bertz CT molecular complexity index is 1380. The van der Waals surface area contributed by atoms with Crippen LogP contribution in [-0.4, -0.2) is 49.6 Å². The number of hydrogen-bond acceptors (Lipinski definition) is 7. The zero-order valence-electron chi connectivity index (χ0n) is 20.2. The van der Waals surface area contributed by atoms with Gasteiger partial charge in [0.1, 0.15) is 24.2 Å². The summed E-state index contributed by atoms with van der Waals surface area (Å²) in [5.41, 5.74) is 4.23. The maximum absolute atomic E-state index is 10.5. The van der Waals surface area contributed by atoms with Gasteiger partial charge in [0.05, 0.1) is 20.3 Å². The first-order valence-electron chi connectivity index (χ1n) is 12.3. The summed E-state index contributed by atoms with van der Waals surface area (Å²) in [6.45, 7) is 3.86. The molecule has 1 aromatic heterocycles. The van der Waals surface area contributed by atoms with Gasteiger partial charge in [-0.3, -0.25) is 4.90 Å². The van der Waals surface area contributed by atoms with Crippen LogP contribution in [-0.2, 0) is 17.8 Å². The first kappa shape index (κ1) is 23.2. The minimum absolute atomic E-state index is 0.0280. The molecule has 0 aliphatic carbocycles. The summed E-state index contributed by atoms with van der Waals surface area (Å²) >= 11 is 1.75. The third kappa shape index (κ3) is 4.62. The molecular weight excluding hydrogens is 474 g/mol. The van der Waals surface area contributed by atoms with E-state index in [0.29, 0.717) is 26.3 Å². The maximum atomic E-state index is 10.5. The lowest BCUT2D eigenvalue weighted by Gasteiger charge is -2.21. The highest BCUT2D eigenvalue weighted by Crippen LogP contribution is 2.42. The number of fused-ring (bicyclic) bond motifs is 2. The third-order valence-electron chi connectivity index (χ3n) is 6.83. The van der Waals surface area contributed by atoms with Crippen LogP contribution in [0.3, 0.4) is 0 Å². The normalized spacial score (nSPS) is 18.0. The summed E-state index contributed by atoms with van der Waals surface area (Å²) in [4.78, 5) is 2.29. The quantitative estimate of drug-likeness (QED) is 0.357. The van der Waals surface area contributed by atoms with E-state index in [-0.39, 0.29) is 11.9 Å². The second kappa shape index (κ2) is 10.0. The fourth-order valence-corrected chi connectivity index (χ4v) is 5.93. The molecule has 0 radical (unpaired) electrons. The van der Waals surface area contributed by atoms with Crippen molar-refractivity contribution in [3.8, 4) is 34.1 Å². The first-order chi connectivity index (χ1) is 17.7. The van der Waals surface area contributed by atoms with E-state index < -0.39 is 0 Å². The van der Waals surface area contributed by atoms with Crippen LogP contribution in [0.15, 0.2) is 60.0 Å². The average Bonchev–Trinajstić information content (AvgIpc) is 3.51. The minimum atomic E-state index is 0.0280. The molecule has 4 aromatic rings. The lowest BCUT2D eigenvalue weighted by molar-refractivity contribution is 0.137. The molecule has 6 rings (SSSR count). The third-order valence-corrected chi connectivity index (χ3v) is 7.80. The van der Waals surface area contributed by atoms with Crippen LogP contribution in [0.2, 0.25) is 0 Å². The van der Waals surface area contributed by atoms with Gasteiger partial charge in [-0.15, -0.1) is 11.3 Å². The zero-order valence-corrected chi connectivity index (χ0v) is 21.1. The van der Waals surface area contributed by atoms with Crippen molar-refractivity contribution in [3.63, 3.8) is 0 Å². The molecule has 2 aliphatic heterocycles. The molecule has 1 saturated heterocycles. The van der Waals surface area contributed by atoms with Crippen molar-refractivity contribution in [2.24, 2.45) is 0 Å². The number of phenolic OH excluding ortho intramolecular Hbond substituents is 1. The molecule has 3 heterocycles. The monoisotopic (exact) mass is 503 g/mol. The Hall–Kier alpha value is -3.26. The molecule has 1 fully saturated rings. The molecule has 3 aromatic carbocycles. The number of rotatable bonds is 6. The maximum Gasteiger partial charge on any atom is 0.165 e. The summed E-state index contributed by atoms with van der Waals surface area (Å²) < 4.78 is 25.0. The van der Waals surface area contributed by atoms with E-state index in [1.54, 1.807) is 30.6 Å². The van der Waals surface area contributed by atoms with E-state index in [4.69, 9.17) is 18.9 Å². The van der Waals surface area contributed by atoms with Crippen molar-refractivity contribution in [2.45, 2.75) is 25.6 Å². The lowest BCUT2D eigenvalue weighted by Crippen LogP contribution is -2.25. The van der Waals surface area contributed by atoms with Crippen LogP contribution in [0.25, 0.3) is 21.2 Å². The van der Waals surface area contributed by atoms with Crippen molar-refractivity contribution in [1.29, 1.82) is 0 Å². The van der Waals surface area contributed by atoms with E-state index in [1.807, 2.05) is 6.07 Å². The first-order valence-corrected chi connectivity index (χ1v) is 13.1. The van der Waals surface area contributed by atoms with Gasteiger partial charge in [-0.25, -0.2) is 0 Å². The number of benzene rings is 3. The number of phenols is 1. The lowest BCUT2D eigenvalue weighted by atomic mass is 10.0. The van der Waals surface area contributed by atoms with Crippen LogP contribution in [0.5, 0.6) is 23.0 Å². The van der Waals surface area contributed by atoms with Crippen LogP contribution in [0.4, 0.5) is 0 Å². The average molecular weight is 504 g/mol. The highest BCUT2D eigenvalue weighted by atomic mass is 32.1. The standard InChI is InChI=1S/C29H29NO5S/c1-32-22-6-7-26(31)20(13-22)15-30-9-11-34-29-21(16-30)12-19(14-27(29)35-23-8-10-33-17-23)25-18-36-28-5-3-2-4-24(25)28/h2-7,12-14,18,23,31H,8-11,15-17H2,1H3. The largest absolute Gasteiger partial charge is 0.508 e. The van der Waals surface area contributed by atoms with Crippen molar-refractivity contribution in [3.05, 3.63) is 71.1 Å². The van der Waals surface area contributed by atoms with Gasteiger partial charge in [-0.05, 0) is 47.3 Å². The fraction of sp³-hybridized carbons (Fsp3) is 0.310. The van der Waals surface area contributed by atoms with Crippen molar-refractivity contribution < 1.29 is 24.1 Å². The minimum Gasteiger partial charge on any atom is -0.508 e. The van der Waals surface area contributed by atoms with E-state index >= 15 is 0 Å². The topological polar surface area (TPSA) is 60.4 Å². The number of aromatic hydroxyl groups is 1. The van der Waals surface area contributed by atoms with Crippen molar-refractivity contribution >= 4 is 21.4 Å². The fourth-order valence-electron chi connectivity index (χ4n) is 4.96. The van der Waals surface area contributed by atoms with Gasteiger partial charge in [0.2, 0.25) is 0 Å². The number of nitrogens with zero attached hydrogens (tertiary/aromatic N) is 1. The van der Waals surface area contributed by atoms with Crippen molar-refractivity contribution in [2.75, 3.05) is 33.5 Å². The van der Waals surface area contributed by atoms with Crippen LogP contribution < -0.4 is 14.2 Å². The molecule has 1 unspecified atom stereocenters. The molecule has 2 aliphatic rings. The molecule has 1 N–H and O–H groups in total. The second-order valence-corrected chi connectivity index (χ2v) is 10.2. The van der Waals surface area contributed by atoms with E-state index in [9.17, 15) is 5.11 Å². The van der Waals surface area contributed by atoms with Gasteiger partial charge in [-0.1, -0.05) is 18.2 Å². The number of hydrogen-bond donors (Lipinski definition) is 1. The molecule has 7 heteroatoms. The summed E-state index contributed by atoms with van der Waals surface area (Å²) in [5.74, 6) is 2.59. The molecule has 0 saturated carbocycles. The van der Waals surface area contributed by atoms with E-state index in [0.717, 1.165) is 53.5 Å². The second-order valence-electron chi connectivity index (χ2n) is 9.27.